The van der Waals surface area contributed by atoms with Crippen molar-refractivity contribution >= 4 is 38.9 Å². The molecule has 0 bridgehead atoms. The number of fused-ring (bicyclic) bond motifs is 9. The summed E-state index contributed by atoms with van der Waals surface area (Å²) in [5, 5.41) is 2.40. The zero-order valence-electron chi connectivity index (χ0n) is 30.3. The first kappa shape index (κ1) is 31.9. The van der Waals surface area contributed by atoms with Gasteiger partial charge in [0.05, 0.1) is 22.4 Å². The molecular weight excluding hydrogens is 683 g/mol. The van der Waals surface area contributed by atoms with Gasteiger partial charge in [0.25, 0.3) is 0 Å². The Bertz CT molecular complexity index is 3010. The lowest BCUT2D eigenvalue weighted by Gasteiger charge is -2.28. The number of nitrogens with zero attached hydrogens (tertiary/aromatic N) is 5. The monoisotopic (exact) mass is 715 g/mol. The van der Waals surface area contributed by atoms with Gasteiger partial charge in [0.15, 0.2) is 17.5 Å². The summed E-state index contributed by atoms with van der Waals surface area (Å²) >= 11 is 0. The highest BCUT2D eigenvalue weighted by atomic mass is 15.2. The Kier molecular flexibility index (Phi) is 7.42. The molecule has 0 spiro atoms. The summed E-state index contributed by atoms with van der Waals surface area (Å²) in [7, 11) is 0. The fourth-order valence-corrected chi connectivity index (χ4v) is 8.28. The van der Waals surface area contributed by atoms with E-state index in [1.54, 1.807) is 0 Å². The molecule has 0 saturated carbocycles. The van der Waals surface area contributed by atoms with Gasteiger partial charge in [-0.3, -0.25) is 0 Å². The molecule has 5 nitrogen and oxygen atoms in total. The van der Waals surface area contributed by atoms with Gasteiger partial charge in [-0.1, -0.05) is 146 Å². The molecule has 0 aliphatic carbocycles. The molecule has 11 rings (SSSR count). The molecule has 56 heavy (non-hydrogen) atoms. The highest BCUT2D eigenvalue weighted by molar-refractivity contribution is 6.21. The van der Waals surface area contributed by atoms with E-state index in [2.05, 4.69) is 149 Å². The Morgan fingerprint density at radius 1 is 0.321 bits per heavy atom. The highest BCUT2D eigenvalue weighted by Gasteiger charge is 2.29. The second kappa shape index (κ2) is 13.0. The van der Waals surface area contributed by atoms with E-state index in [-0.39, 0.29) is 0 Å². The molecule has 262 valence electrons. The lowest BCUT2D eigenvalue weighted by molar-refractivity contribution is 1.07. The summed E-state index contributed by atoms with van der Waals surface area (Å²) in [4.78, 5) is 17.3. The van der Waals surface area contributed by atoms with Crippen molar-refractivity contribution in [3.63, 3.8) is 0 Å². The molecule has 0 amide bonds. The molecule has 2 aromatic heterocycles. The van der Waals surface area contributed by atoms with Crippen LogP contribution >= 0.6 is 0 Å². The summed E-state index contributed by atoms with van der Waals surface area (Å²) in [6, 6.07) is 70.5. The van der Waals surface area contributed by atoms with Gasteiger partial charge in [0.1, 0.15) is 0 Å². The van der Waals surface area contributed by atoms with E-state index >= 15 is 0 Å². The van der Waals surface area contributed by atoms with Crippen LogP contribution in [0.15, 0.2) is 200 Å². The Morgan fingerprint density at radius 3 is 1.46 bits per heavy atom. The van der Waals surface area contributed by atoms with Crippen molar-refractivity contribution in [2.24, 2.45) is 0 Å². The van der Waals surface area contributed by atoms with Crippen LogP contribution in [0.1, 0.15) is 0 Å². The minimum atomic E-state index is 0.632. The van der Waals surface area contributed by atoms with Crippen molar-refractivity contribution < 1.29 is 0 Å². The van der Waals surface area contributed by atoms with E-state index in [0.717, 1.165) is 44.8 Å². The van der Waals surface area contributed by atoms with Crippen molar-refractivity contribution in [1.82, 2.24) is 19.5 Å². The Hall–Kier alpha value is -7.63. The average molecular weight is 716 g/mol. The Labute approximate surface area is 324 Å². The first-order chi connectivity index (χ1) is 27.8. The van der Waals surface area contributed by atoms with Crippen LogP contribution in [0.5, 0.6) is 0 Å². The van der Waals surface area contributed by atoms with Crippen LogP contribution < -0.4 is 4.90 Å². The minimum absolute atomic E-state index is 0.632. The van der Waals surface area contributed by atoms with E-state index in [4.69, 9.17) is 15.0 Å². The van der Waals surface area contributed by atoms with Crippen LogP contribution in [0.4, 0.5) is 17.1 Å². The van der Waals surface area contributed by atoms with E-state index in [1.807, 2.05) is 60.7 Å². The van der Waals surface area contributed by atoms with E-state index in [0.29, 0.717) is 17.5 Å². The number of para-hydroxylation sites is 3. The standard InChI is InChI=1S/C51H33N5/c1-4-16-34(17-5-1)49-52-50(35-18-6-2-7-19-35)54-51(53-49)36-28-30-38(31-29-36)55-45-27-15-13-25-43(45)47-46(55)33-32-42-40-23-11-10-22-39(40)41-24-12-14-26-44(41)56(48(42)47)37-20-8-3-9-21-37/h1-33H. The fourth-order valence-electron chi connectivity index (χ4n) is 8.28. The SMILES string of the molecule is c1ccc(-c2nc(-c3ccccc3)nc(-c3ccc(-n4c5ccccc5c5c6c(ccc54)-c4ccccc4-c4ccccc4N6c4ccccc4)cc3)n2)cc1. The lowest BCUT2D eigenvalue weighted by Crippen LogP contribution is -2.11. The predicted octanol–water partition coefficient (Wildman–Crippen LogP) is 13.1. The molecule has 0 N–H and O–H groups in total. The van der Waals surface area contributed by atoms with Gasteiger partial charge in [0, 0.05) is 50.0 Å². The molecule has 0 radical (unpaired) electrons. The second-order valence-corrected chi connectivity index (χ2v) is 14.0. The zero-order valence-corrected chi connectivity index (χ0v) is 30.3. The molecule has 0 unspecified atom stereocenters. The van der Waals surface area contributed by atoms with Gasteiger partial charge >= 0.3 is 0 Å². The average Bonchev–Trinajstić information content (AvgIpc) is 3.56. The van der Waals surface area contributed by atoms with Crippen molar-refractivity contribution in [3.05, 3.63) is 200 Å². The molecule has 0 fully saturated rings. The number of benzene rings is 8. The van der Waals surface area contributed by atoms with Gasteiger partial charge < -0.3 is 9.47 Å². The van der Waals surface area contributed by atoms with E-state index in [1.165, 1.54) is 38.7 Å². The molecule has 10 aromatic rings. The van der Waals surface area contributed by atoms with Crippen LogP contribution in [0.25, 0.3) is 83.9 Å². The van der Waals surface area contributed by atoms with Crippen molar-refractivity contribution in [1.29, 1.82) is 0 Å². The van der Waals surface area contributed by atoms with Gasteiger partial charge in [0.2, 0.25) is 0 Å². The summed E-state index contributed by atoms with van der Waals surface area (Å²) < 4.78 is 2.39. The lowest BCUT2D eigenvalue weighted by atomic mass is 9.93. The fraction of sp³-hybridized carbons (Fsp3) is 0. The quantitative estimate of drug-likeness (QED) is 0.178. The van der Waals surface area contributed by atoms with Gasteiger partial charge in [-0.2, -0.15) is 0 Å². The third kappa shape index (κ3) is 5.13. The molecule has 1 aliphatic rings. The largest absolute Gasteiger partial charge is 0.309 e. The van der Waals surface area contributed by atoms with Crippen LogP contribution in [0.3, 0.4) is 0 Å². The maximum Gasteiger partial charge on any atom is 0.164 e. The third-order valence-corrected chi connectivity index (χ3v) is 10.8. The smallest absolute Gasteiger partial charge is 0.164 e. The molecule has 0 atom stereocenters. The molecule has 8 aromatic carbocycles. The second-order valence-electron chi connectivity index (χ2n) is 14.0. The summed E-state index contributed by atoms with van der Waals surface area (Å²) in [6.07, 6.45) is 0. The molecule has 5 heteroatoms. The van der Waals surface area contributed by atoms with Crippen molar-refractivity contribution in [2.45, 2.75) is 0 Å². The number of aromatic nitrogens is 4. The number of anilines is 3. The maximum atomic E-state index is 4.99. The minimum Gasteiger partial charge on any atom is -0.309 e. The van der Waals surface area contributed by atoms with Crippen LogP contribution in [-0.4, -0.2) is 19.5 Å². The van der Waals surface area contributed by atoms with Gasteiger partial charge in [-0.05, 0) is 65.7 Å². The highest BCUT2D eigenvalue weighted by Crippen LogP contribution is 2.54. The molecular formula is C51H33N5. The Morgan fingerprint density at radius 2 is 0.821 bits per heavy atom. The topological polar surface area (TPSA) is 46.8 Å². The summed E-state index contributed by atoms with van der Waals surface area (Å²) in [6.45, 7) is 0. The third-order valence-electron chi connectivity index (χ3n) is 10.8. The van der Waals surface area contributed by atoms with Gasteiger partial charge in [-0.15, -0.1) is 0 Å². The molecule has 3 heterocycles. The number of rotatable bonds is 5. The van der Waals surface area contributed by atoms with Crippen molar-refractivity contribution in [2.75, 3.05) is 4.90 Å². The summed E-state index contributed by atoms with van der Waals surface area (Å²) in [5.41, 5.74) is 14.4. The van der Waals surface area contributed by atoms with Crippen LogP contribution in [0.2, 0.25) is 0 Å². The number of hydrogen-bond donors (Lipinski definition) is 0. The first-order valence-electron chi connectivity index (χ1n) is 18.9. The molecule has 1 aliphatic heterocycles. The number of hydrogen-bond acceptors (Lipinski definition) is 4. The van der Waals surface area contributed by atoms with E-state index in [9.17, 15) is 0 Å². The first-order valence-corrected chi connectivity index (χ1v) is 18.9. The van der Waals surface area contributed by atoms with Crippen molar-refractivity contribution in [3.8, 4) is 62.1 Å². The zero-order chi connectivity index (χ0) is 37.0. The van der Waals surface area contributed by atoms with Gasteiger partial charge in [-0.25, -0.2) is 15.0 Å². The normalized spacial score (nSPS) is 11.9. The van der Waals surface area contributed by atoms with Crippen LogP contribution in [0, 0.1) is 0 Å². The van der Waals surface area contributed by atoms with E-state index < -0.39 is 0 Å². The Balaban J connectivity index is 1.13. The maximum absolute atomic E-state index is 4.99. The predicted molar refractivity (Wildman–Crippen MR) is 230 cm³/mol. The molecule has 0 saturated heterocycles. The van der Waals surface area contributed by atoms with Crippen LogP contribution in [-0.2, 0) is 0 Å². The summed E-state index contributed by atoms with van der Waals surface area (Å²) in [5.74, 6) is 1.92.